The number of nitrogens with zero attached hydrogens (tertiary/aromatic N) is 2. The van der Waals surface area contributed by atoms with Crippen LogP contribution in [0, 0.1) is 0 Å². The zero-order valence-corrected chi connectivity index (χ0v) is 21.8. The van der Waals surface area contributed by atoms with Gasteiger partial charge in [-0.2, -0.15) is 0 Å². The highest BCUT2D eigenvalue weighted by molar-refractivity contribution is 8.15. The molecule has 2 aliphatic heterocycles. The number of carbonyl (C=O) groups is 2. The van der Waals surface area contributed by atoms with E-state index in [0.29, 0.717) is 40.4 Å². The molecule has 2 amide bonds. The van der Waals surface area contributed by atoms with Crippen LogP contribution in [-0.2, 0) is 16.1 Å². The van der Waals surface area contributed by atoms with Gasteiger partial charge in [-0.05, 0) is 73.2 Å². The first-order chi connectivity index (χ1) is 18.5. The number of carbonyl (C=O) groups excluding carboxylic acids is 2. The lowest BCUT2D eigenvalue weighted by atomic mass is 10.1. The number of ether oxygens (including phenoxy) is 4. The van der Waals surface area contributed by atoms with Gasteiger partial charge in [0.15, 0.2) is 16.7 Å². The van der Waals surface area contributed by atoms with E-state index in [1.165, 1.54) is 11.8 Å². The maximum atomic E-state index is 13.5. The van der Waals surface area contributed by atoms with Gasteiger partial charge in [0, 0.05) is 12.1 Å². The Bertz CT molecular complexity index is 1340. The summed E-state index contributed by atoms with van der Waals surface area (Å²) < 4.78 is 21.6. The van der Waals surface area contributed by atoms with Gasteiger partial charge in [0.25, 0.3) is 0 Å². The number of hydrogen-bond donors (Lipinski definition) is 1. The fourth-order valence-corrected chi connectivity index (χ4v) is 5.20. The summed E-state index contributed by atoms with van der Waals surface area (Å²) in [5.74, 6) is 2.32. The molecule has 0 radical (unpaired) electrons. The highest BCUT2D eigenvalue weighted by Crippen LogP contribution is 2.36. The van der Waals surface area contributed by atoms with E-state index < -0.39 is 5.25 Å². The molecule has 0 spiro atoms. The summed E-state index contributed by atoms with van der Waals surface area (Å²) in [6.07, 6.45) is 0.00939. The molecule has 0 aliphatic carbocycles. The van der Waals surface area contributed by atoms with Crippen molar-refractivity contribution in [1.29, 1.82) is 0 Å². The van der Waals surface area contributed by atoms with Crippen LogP contribution in [0.5, 0.6) is 23.0 Å². The molecule has 0 unspecified atom stereocenters. The third kappa shape index (κ3) is 5.86. The number of methoxy groups -OCH3 is 1. The first kappa shape index (κ1) is 25.5. The van der Waals surface area contributed by atoms with Gasteiger partial charge in [0.1, 0.15) is 16.7 Å². The number of amides is 2. The van der Waals surface area contributed by atoms with Crippen molar-refractivity contribution in [3.05, 3.63) is 72.3 Å². The Morgan fingerprint density at radius 2 is 1.79 bits per heavy atom. The number of aliphatic imine (C=N–C) groups is 1. The molecular formula is C28H27N3O6S. The zero-order chi connectivity index (χ0) is 26.5. The van der Waals surface area contributed by atoms with Crippen LogP contribution >= 0.6 is 11.8 Å². The molecule has 1 N–H and O–H groups in total. The van der Waals surface area contributed by atoms with E-state index in [-0.39, 0.29) is 31.6 Å². The molecular weight excluding hydrogens is 506 g/mol. The molecule has 196 valence electrons. The molecule has 2 heterocycles. The lowest BCUT2D eigenvalue weighted by Crippen LogP contribution is -2.33. The quantitative estimate of drug-likeness (QED) is 0.414. The van der Waals surface area contributed by atoms with Crippen molar-refractivity contribution in [1.82, 2.24) is 4.90 Å². The third-order valence-corrected chi connectivity index (χ3v) is 7.09. The minimum Gasteiger partial charge on any atom is -0.497 e. The fourth-order valence-electron chi connectivity index (χ4n) is 4.04. The third-order valence-electron chi connectivity index (χ3n) is 5.91. The van der Waals surface area contributed by atoms with Crippen LogP contribution in [0.15, 0.2) is 71.7 Å². The Hall–Kier alpha value is -4.18. The predicted octanol–water partition coefficient (Wildman–Crippen LogP) is 4.98. The molecule has 5 rings (SSSR count). The van der Waals surface area contributed by atoms with Crippen molar-refractivity contribution < 1.29 is 28.5 Å². The largest absolute Gasteiger partial charge is 0.497 e. The highest BCUT2D eigenvalue weighted by Gasteiger charge is 2.39. The van der Waals surface area contributed by atoms with Crippen LogP contribution in [0.1, 0.15) is 18.9 Å². The number of hydrogen-bond acceptors (Lipinski definition) is 8. The molecule has 0 saturated carbocycles. The maximum absolute atomic E-state index is 13.5. The summed E-state index contributed by atoms with van der Waals surface area (Å²) in [5, 5.41) is 2.77. The van der Waals surface area contributed by atoms with Crippen LogP contribution < -0.4 is 24.3 Å². The van der Waals surface area contributed by atoms with Crippen LogP contribution in [0.4, 0.5) is 11.4 Å². The molecule has 2 aliphatic rings. The first-order valence-electron chi connectivity index (χ1n) is 12.1. The van der Waals surface area contributed by atoms with Crippen molar-refractivity contribution in [2.75, 3.05) is 25.8 Å². The molecule has 1 saturated heterocycles. The lowest BCUT2D eigenvalue weighted by Gasteiger charge is -2.17. The van der Waals surface area contributed by atoms with Crippen LogP contribution in [0.3, 0.4) is 0 Å². The van der Waals surface area contributed by atoms with Gasteiger partial charge in [-0.1, -0.05) is 17.8 Å². The number of nitrogens with one attached hydrogen (secondary N) is 1. The van der Waals surface area contributed by atoms with Gasteiger partial charge in [-0.25, -0.2) is 4.99 Å². The summed E-state index contributed by atoms with van der Waals surface area (Å²) in [5.41, 5.74) is 2.18. The summed E-state index contributed by atoms with van der Waals surface area (Å²) >= 11 is 1.28. The molecule has 1 fully saturated rings. The van der Waals surface area contributed by atoms with E-state index in [2.05, 4.69) is 5.32 Å². The van der Waals surface area contributed by atoms with Gasteiger partial charge in [-0.15, -0.1) is 0 Å². The first-order valence-corrected chi connectivity index (χ1v) is 13.0. The minimum atomic E-state index is -0.608. The molecule has 38 heavy (non-hydrogen) atoms. The number of rotatable bonds is 9. The Kier molecular flexibility index (Phi) is 7.69. The van der Waals surface area contributed by atoms with Gasteiger partial charge in [0.2, 0.25) is 18.6 Å². The molecule has 10 heteroatoms. The molecule has 1 atom stereocenters. The number of amidine groups is 1. The van der Waals surface area contributed by atoms with Gasteiger partial charge in [-0.3, -0.25) is 14.5 Å². The van der Waals surface area contributed by atoms with Crippen molar-refractivity contribution in [3.63, 3.8) is 0 Å². The van der Waals surface area contributed by atoms with Gasteiger partial charge in [0.05, 0.1) is 25.9 Å². The SMILES string of the molecule is CCOc1ccc(N=C2S[C@H](CC(=O)Nc3ccc(OC)cc3)C(=O)N2Cc2ccc3c(c2)OCO3)cc1. The normalized spacial score (nSPS) is 17.1. The van der Waals surface area contributed by atoms with E-state index >= 15 is 0 Å². The number of thioether (sulfide) groups is 1. The van der Waals surface area contributed by atoms with Crippen molar-refractivity contribution in [3.8, 4) is 23.0 Å². The number of fused-ring (bicyclic) bond motifs is 1. The average Bonchev–Trinajstić information content (AvgIpc) is 3.50. The van der Waals surface area contributed by atoms with E-state index in [9.17, 15) is 9.59 Å². The molecule has 3 aromatic carbocycles. The second-order valence-electron chi connectivity index (χ2n) is 8.52. The smallest absolute Gasteiger partial charge is 0.242 e. The van der Waals surface area contributed by atoms with E-state index in [1.54, 1.807) is 36.3 Å². The maximum Gasteiger partial charge on any atom is 0.242 e. The monoisotopic (exact) mass is 533 g/mol. The second-order valence-corrected chi connectivity index (χ2v) is 9.69. The summed E-state index contributed by atoms with van der Waals surface area (Å²) in [6, 6.07) is 20.0. The van der Waals surface area contributed by atoms with Crippen molar-refractivity contribution >= 4 is 40.1 Å². The Morgan fingerprint density at radius 1 is 1.05 bits per heavy atom. The zero-order valence-electron chi connectivity index (χ0n) is 21.0. The standard InChI is InChI=1S/C28H27N3O6S/c1-3-35-22-11-7-20(8-12-22)30-28-31(16-18-4-13-23-24(14-18)37-17-36-23)27(33)25(38-28)15-26(32)29-19-5-9-21(34-2)10-6-19/h4-14,25H,3,15-17H2,1-2H3,(H,29,32)/t25-/m1/s1. The molecule has 3 aromatic rings. The average molecular weight is 534 g/mol. The predicted molar refractivity (Wildman–Crippen MR) is 145 cm³/mol. The van der Waals surface area contributed by atoms with Gasteiger partial charge >= 0.3 is 0 Å². The number of benzene rings is 3. The highest BCUT2D eigenvalue weighted by atomic mass is 32.2. The topological polar surface area (TPSA) is 98.7 Å². The molecule has 0 bridgehead atoms. The summed E-state index contributed by atoms with van der Waals surface area (Å²) in [4.78, 5) is 32.7. The van der Waals surface area contributed by atoms with Crippen molar-refractivity contribution in [2.24, 2.45) is 4.99 Å². The second kappa shape index (κ2) is 11.5. The van der Waals surface area contributed by atoms with Gasteiger partial charge < -0.3 is 24.3 Å². The summed E-state index contributed by atoms with van der Waals surface area (Å²) in [6.45, 7) is 2.96. The van der Waals surface area contributed by atoms with Crippen molar-refractivity contribution in [2.45, 2.75) is 25.1 Å². The fraction of sp³-hybridized carbons (Fsp3) is 0.250. The summed E-state index contributed by atoms with van der Waals surface area (Å²) in [7, 11) is 1.58. The van der Waals surface area contributed by atoms with E-state index in [4.69, 9.17) is 23.9 Å². The van der Waals surface area contributed by atoms with E-state index in [1.807, 2.05) is 49.4 Å². The molecule has 0 aromatic heterocycles. The minimum absolute atomic E-state index is 0.00939. The number of anilines is 1. The Balaban J connectivity index is 1.35. The Labute approximate surface area is 224 Å². The van der Waals surface area contributed by atoms with Crippen LogP contribution in [0.2, 0.25) is 0 Å². The van der Waals surface area contributed by atoms with Crippen LogP contribution in [0.25, 0.3) is 0 Å². The lowest BCUT2D eigenvalue weighted by molar-refractivity contribution is -0.128. The molecule has 9 nitrogen and oxygen atoms in total. The Morgan fingerprint density at radius 3 is 2.53 bits per heavy atom. The van der Waals surface area contributed by atoms with Crippen LogP contribution in [-0.4, -0.2) is 47.6 Å². The van der Waals surface area contributed by atoms with E-state index in [0.717, 1.165) is 11.3 Å².